The van der Waals surface area contributed by atoms with Crippen molar-refractivity contribution < 1.29 is 19.0 Å². The fraction of sp³-hybridized carbons (Fsp3) is 0.708. The normalized spacial score (nSPS) is 29.1. The molecule has 0 spiro atoms. The summed E-state index contributed by atoms with van der Waals surface area (Å²) < 4.78 is 19.8. The van der Waals surface area contributed by atoms with E-state index in [-0.39, 0.29) is 36.5 Å². The first-order valence-electron chi connectivity index (χ1n) is 12.3. The molecule has 1 saturated carbocycles. The molecule has 1 aliphatic carbocycles. The zero-order valence-corrected chi connectivity index (χ0v) is 20.2. The number of piperidine rings is 1. The summed E-state index contributed by atoms with van der Waals surface area (Å²) in [7, 11) is 0. The van der Waals surface area contributed by atoms with Crippen LogP contribution in [0.25, 0.3) is 5.82 Å². The monoisotopic (exact) mass is 470 g/mol. The first kappa shape index (κ1) is 23.0. The molecule has 1 amide bonds. The molecule has 2 aromatic rings. The molecule has 3 aliphatic rings. The lowest BCUT2D eigenvalue weighted by Gasteiger charge is -2.41. The summed E-state index contributed by atoms with van der Waals surface area (Å²) in [5.41, 5.74) is -0.463. The number of nitrogens with zero attached hydrogens (tertiary/aromatic N) is 6. The summed E-state index contributed by atoms with van der Waals surface area (Å²) in [5.74, 6) is 1.13. The summed E-state index contributed by atoms with van der Waals surface area (Å²) >= 11 is 0. The topological polar surface area (TPSA) is 104 Å². The number of fused-ring (bicyclic) bond motifs is 2. The Bertz CT molecular complexity index is 939. The van der Waals surface area contributed by atoms with Crippen LogP contribution in [0.3, 0.4) is 0 Å². The van der Waals surface area contributed by atoms with Crippen LogP contribution in [0.5, 0.6) is 5.88 Å². The quantitative estimate of drug-likeness (QED) is 0.652. The number of hydrogen-bond acceptors (Lipinski definition) is 8. The Kier molecular flexibility index (Phi) is 6.42. The molecule has 2 saturated heterocycles. The van der Waals surface area contributed by atoms with E-state index in [0.29, 0.717) is 11.7 Å². The average Bonchev–Trinajstić information content (AvgIpc) is 3.41. The van der Waals surface area contributed by atoms with Gasteiger partial charge in [0.25, 0.3) is 0 Å². The first-order chi connectivity index (χ1) is 16.3. The van der Waals surface area contributed by atoms with E-state index < -0.39 is 5.60 Å². The summed E-state index contributed by atoms with van der Waals surface area (Å²) in [6.07, 6.45) is 14.4. The van der Waals surface area contributed by atoms with Gasteiger partial charge in [0.1, 0.15) is 24.4 Å². The number of amides is 1. The van der Waals surface area contributed by atoms with Gasteiger partial charge in [-0.1, -0.05) is 0 Å². The highest BCUT2D eigenvalue weighted by Crippen LogP contribution is 2.39. The molecule has 10 nitrogen and oxygen atoms in total. The van der Waals surface area contributed by atoms with E-state index in [0.717, 1.165) is 51.4 Å². The van der Waals surface area contributed by atoms with Crippen LogP contribution in [0.1, 0.15) is 72.1 Å². The maximum atomic E-state index is 12.7. The van der Waals surface area contributed by atoms with Crippen molar-refractivity contribution in [2.75, 3.05) is 0 Å². The Morgan fingerprint density at radius 2 is 1.65 bits per heavy atom. The summed E-state index contributed by atoms with van der Waals surface area (Å²) in [4.78, 5) is 27.3. The van der Waals surface area contributed by atoms with Crippen LogP contribution in [0.2, 0.25) is 0 Å². The predicted octanol–water partition coefficient (Wildman–Crippen LogP) is 3.69. The van der Waals surface area contributed by atoms with Gasteiger partial charge in [0.2, 0.25) is 5.88 Å². The Morgan fingerprint density at radius 3 is 2.24 bits per heavy atom. The third-order valence-corrected chi connectivity index (χ3v) is 6.86. The maximum absolute atomic E-state index is 12.7. The number of hydrogen-bond donors (Lipinski definition) is 0. The maximum Gasteiger partial charge on any atom is 0.410 e. The Hall–Kier alpha value is -2.75. The lowest BCUT2D eigenvalue weighted by Crippen LogP contribution is -2.50. The molecule has 2 bridgehead atoms. The third kappa shape index (κ3) is 5.32. The molecule has 0 aromatic carbocycles. The molecular formula is C24H34N6O4. The van der Waals surface area contributed by atoms with Crippen LogP contribution in [-0.4, -0.2) is 71.7 Å². The van der Waals surface area contributed by atoms with Gasteiger partial charge in [-0.25, -0.2) is 24.4 Å². The molecule has 0 radical (unpaired) electrons. The van der Waals surface area contributed by atoms with E-state index in [4.69, 9.17) is 14.2 Å². The highest BCUT2D eigenvalue weighted by Gasteiger charge is 2.45. The van der Waals surface area contributed by atoms with Crippen LogP contribution in [-0.2, 0) is 9.47 Å². The molecule has 2 aromatic heterocycles. The number of carbonyl (C=O) groups is 1. The number of carbonyl (C=O) groups excluding carboxylic acids is 1. The van der Waals surface area contributed by atoms with E-state index in [1.165, 1.54) is 6.33 Å². The van der Waals surface area contributed by atoms with E-state index in [9.17, 15) is 4.79 Å². The molecule has 184 valence electrons. The largest absolute Gasteiger partial charge is 0.473 e. The van der Waals surface area contributed by atoms with Crippen LogP contribution in [0.4, 0.5) is 4.79 Å². The Morgan fingerprint density at radius 1 is 0.941 bits per heavy atom. The Labute approximate surface area is 200 Å². The molecule has 4 heterocycles. The van der Waals surface area contributed by atoms with Crippen molar-refractivity contribution in [3.63, 3.8) is 0 Å². The Balaban J connectivity index is 1.07. The van der Waals surface area contributed by atoms with Gasteiger partial charge in [-0.15, -0.1) is 0 Å². The van der Waals surface area contributed by atoms with Crippen LogP contribution in [0.15, 0.2) is 25.0 Å². The van der Waals surface area contributed by atoms with Gasteiger partial charge in [0.05, 0.1) is 24.6 Å². The van der Waals surface area contributed by atoms with E-state index >= 15 is 0 Å². The van der Waals surface area contributed by atoms with E-state index in [1.54, 1.807) is 23.4 Å². The molecule has 0 N–H and O–H groups in total. The van der Waals surface area contributed by atoms with Crippen LogP contribution < -0.4 is 4.74 Å². The van der Waals surface area contributed by atoms with Crippen molar-refractivity contribution in [1.82, 2.24) is 29.6 Å². The minimum absolute atomic E-state index is 0.122. The predicted molar refractivity (Wildman–Crippen MR) is 123 cm³/mol. The highest BCUT2D eigenvalue weighted by molar-refractivity contribution is 5.69. The molecular weight excluding hydrogens is 436 g/mol. The van der Waals surface area contributed by atoms with E-state index in [2.05, 4.69) is 20.1 Å². The zero-order valence-electron chi connectivity index (χ0n) is 20.2. The molecule has 2 atom stereocenters. The third-order valence-electron chi connectivity index (χ3n) is 6.86. The van der Waals surface area contributed by atoms with Crippen LogP contribution >= 0.6 is 0 Å². The number of aromatic nitrogens is 5. The van der Waals surface area contributed by atoms with Gasteiger partial charge in [-0.2, -0.15) is 5.10 Å². The second kappa shape index (κ2) is 9.48. The molecule has 2 unspecified atom stereocenters. The zero-order chi connectivity index (χ0) is 23.7. The second-order valence-corrected chi connectivity index (χ2v) is 10.6. The van der Waals surface area contributed by atoms with Gasteiger partial charge in [-0.3, -0.25) is 0 Å². The van der Waals surface area contributed by atoms with Crippen molar-refractivity contribution in [3.8, 4) is 11.7 Å². The fourth-order valence-electron chi connectivity index (χ4n) is 5.40. The van der Waals surface area contributed by atoms with Gasteiger partial charge in [-0.05, 0) is 72.1 Å². The lowest BCUT2D eigenvalue weighted by molar-refractivity contribution is -0.0814. The minimum Gasteiger partial charge on any atom is -0.473 e. The van der Waals surface area contributed by atoms with Crippen molar-refractivity contribution in [2.45, 2.75) is 108 Å². The molecule has 2 aliphatic heterocycles. The SMILES string of the molecule is CC(C)(C)OC(=O)N1C2CCC1CC(OC1CCC(Oc3cnc(-n4cncn4)cn3)CC1)C2. The summed E-state index contributed by atoms with van der Waals surface area (Å²) in [6.45, 7) is 5.76. The molecule has 5 rings (SSSR count). The van der Waals surface area contributed by atoms with Crippen molar-refractivity contribution in [3.05, 3.63) is 25.0 Å². The summed E-state index contributed by atoms with van der Waals surface area (Å²) in [6, 6.07) is 0.467. The average molecular weight is 471 g/mol. The summed E-state index contributed by atoms with van der Waals surface area (Å²) in [5, 5.41) is 4.05. The van der Waals surface area contributed by atoms with Gasteiger partial charge in [0, 0.05) is 12.1 Å². The molecule has 3 fully saturated rings. The lowest BCUT2D eigenvalue weighted by atomic mass is 9.93. The van der Waals surface area contributed by atoms with Gasteiger partial charge < -0.3 is 19.1 Å². The van der Waals surface area contributed by atoms with E-state index in [1.807, 2.05) is 25.7 Å². The fourth-order valence-corrected chi connectivity index (χ4v) is 5.40. The number of ether oxygens (including phenoxy) is 3. The first-order valence-corrected chi connectivity index (χ1v) is 12.3. The van der Waals surface area contributed by atoms with Gasteiger partial charge in [0.15, 0.2) is 5.82 Å². The minimum atomic E-state index is -0.463. The molecule has 10 heteroatoms. The standard InChI is InChI=1S/C24H34N6O4/c1-24(2,3)34-23(31)30-16-4-5-17(30)11-20(10-16)32-18-6-8-19(9-7-18)33-22-13-26-21(12-27-22)29-15-25-14-28-29/h12-20H,4-11H2,1-3H3. The smallest absolute Gasteiger partial charge is 0.410 e. The van der Waals surface area contributed by atoms with Crippen molar-refractivity contribution >= 4 is 6.09 Å². The highest BCUT2D eigenvalue weighted by atomic mass is 16.6. The van der Waals surface area contributed by atoms with Crippen molar-refractivity contribution in [2.24, 2.45) is 0 Å². The van der Waals surface area contributed by atoms with Crippen molar-refractivity contribution in [1.29, 1.82) is 0 Å². The number of rotatable bonds is 5. The van der Waals surface area contributed by atoms with Gasteiger partial charge >= 0.3 is 6.09 Å². The van der Waals surface area contributed by atoms with Crippen LogP contribution in [0, 0.1) is 0 Å². The second-order valence-electron chi connectivity index (χ2n) is 10.6. The molecule has 34 heavy (non-hydrogen) atoms.